The van der Waals surface area contributed by atoms with E-state index in [-0.39, 0.29) is 12.6 Å². The maximum absolute atomic E-state index is 12.1. The fourth-order valence-corrected chi connectivity index (χ4v) is 2.19. The Bertz CT molecular complexity index is 616. The monoisotopic (exact) mass is 334 g/mol. The van der Waals surface area contributed by atoms with E-state index in [4.69, 9.17) is 9.57 Å². The van der Waals surface area contributed by atoms with Crippen LogP contribution in [0.25, 0.3) is 0 Å². The maximum atomic E-state index is 12.1. The van der Waals surface area contributed by atoms with Gasteiger partial charge in [0.15, 0.2) is 0 Å². The van der Waals surface area contributed by atoms with Gasteiger partial charge >= 0.3 is 6.09 Å². The van der Waals surface area contributed by atoms with Crippen LogP contribution in [0.3, 0.4) is 0 Å². The minimum Gasteiger partial charge on any atom is -0.444 e. The maximum Gasteiger partial charge on any atom is 0.407 e. The summed E-state index contributed by atoms with van der Waals surface area (Å²) in [6.07, 6.45) is -0.0946. The summed E-state index contributed by atoms with van der Waals surface area (Å²) < 4.78 is 5.16. The number of fused-ring (bicyclic) bond motifs is 1. The summed E-state index contributed by atoms with van der Waals surface area (Å²) in [5, 5.41) is 3.44. The molecule has 0 fully saturated rings. The molecule has 7 heteroatoms. The molecule has 130 valence electrons. The van der Waals surface area contributed by atoms with Crippen molar-refractivity contribution in [2.24, 2.45) is 0 Å². The highest BCUT2D eigenvalue weighted by molar-refractivity contribution is 6.20. The van der Waals surface area contributed by atoms with Crippen LogP contribution < -0.4 is 5.32 Å². The molecule has 0 aromatic heterocycles. The highest BCUT2D eigenvalue weighted by atomic mass is 16.7. The number of amides is 3. The molecular weight excluding hydrogens is 312 g/mol. The van der Waals surface area contributed by atoms with Crippen molar-refractivity contribution >= 4 is 17.9 Å². The molecule has 1 N–H and O–H groups in total. The molecule has 1 aliphatic rings. The molecule has 0 aliphatic carbocycles. The van der Waals surface area contributed by atoms with Crippen LogP contribution in [-0.4, -0.2) is 41.2 Å². The van der Waals surface area contributed by atoms with Gasteiger partial charge in [-0.3, -0.25) is 14.4 Å². The average molecular weight is 334 g/mol. The van der Waals surface area contributed by atoms with Crippen LogP contribution in [0.15, 0.2) is 24.3 Å². The number of hydrogen-bond donors (Lipinski definition) is 1. The first-order chi connectivity index (χ1) is 11.2. The van der Waals surface area contributed by atoms with Crippen LogP contribution in [0.1, 0.15) is 54.8 Å². The van der Waals surface area contributed by atoms with E-state index < -0.39 is 23.5 Å². The van der Waals surface area contributed by atoms with E-state index in [0.717, 1.165) is 5.06 Å². The zero-order valence-electron chi connectivity index (χ0n) is 14.3. The quantitative estimate of drug-likeness (QED) is 0.836. The second-order valence-corrected chi connectivity index (χ2v) is 6.62. The number of nitrogens with one attached hydrogen (secondary N) is 1. The Balaban J connectivity index is 1.80. The van der Waals surface area contributed by atoms with Gasteiger partial charge in [-0.25, -0.2) is 4.79 Å². The number of hydrogen-bond acceptors (Lipinski definition) is 5. The lowest BCUT2D eigenvalue weighted by Gasteiger charge is -2.22. The Labute approximate surface area is 140 Å². The lowest BCUT2D eigenvalue weighted by Crippen LogP contribution is -2.39. The number of ether oxygens (including phenoxy) is 1. The largest absolute Gasteiger partial charge is 0.444 e. The van der Waals surface area contributed by atoms with Gasteiger partial charge < -0.3 is 10.1 Å². The SMILES string of the molecule is C[C@@H](CCON1C(=O)c2ccccc2C1=O)NC(=O)OC(C)(C)C. The van der Waals surface area contributed by atoms with Crippen LogP contribution in [0.2, 0.25) is 0 Å². The van der Waals surface area contributed by atoms with Crippen molar-refractivity contribution in [2.75, 3.05) is 6.61 Å². The lowest BCUT2D eigenvalue weighted by atomic mass is 10.1. The number of nitrogens with zero attached hydrogens (tertiary/aromatic N) is 1. The topological polar surface area (TPSA) is 84.9 Å². The molecule has 1 aromatic rings. The third-order valence-corrected chi connectivity index (χ3v) is 3.29. The van der Waals surface area contributed by atoms with Crippen LogP contribution in [0, 0.1) is 0 Å². The zero-order valence-corrected chi connectivity index (χ0v) is 14.3. The molecule has 3 amide bonds. The molecule has 0 bridgehead atoms. The number of carbonyl (C=O) groups is 3. The van der Waals surface area contributed by atoms with E-state index >= 15 is 0 Å². The van der Waals surface area contributed by atoms with Crippen LogP contribution >= 0.6 is 0 Å². The Morgan fingerprint density at radius 2 is 1.71 bits per heavy atom. The average Bonchev–Trinajstić information content (AvgIpc) is 2.70. The van der Waals surface area contributed by atoms with Gasteiger partial charge in [-0.05, 0) is 46.2 Å². The molecule has 1 aliphatic heterocycles. The first-order valence-corrected chi connectivity index (χ1v) is 7.79. The van der Waals surface area contributed by atoms with Gasteiger partial charge in [0.2, 0.25) is 0 Å². The lowest BCUT2D eigenvalue weighted by molar-refractivity contribution is -0.0933. The van der Waals surface area contributed by atoms with E-state index in [1.807, 2.05) is 0 Å². The molecule has 1 aromatic carbocycles. The minimum atomic E-state index is -0.569. The molecule has 1 heterocycles. The third-order valence-electron chi connectivity index (χ3n) is 3.29. The summed E-state index contributed by atoms with van der Waals surface area (Å²) in [4.78, 5) is 41.2. The molecule has 24 heavy (non-hydrogen) atoms. The number of imide groups is 1. The molecule has 7 nitrogen and oxygen atoms in total. The molecule has 0 saturated carbocycles. The van der Waals surface area contributed by atoms with Crippen LogP contribution in [0.4, 0.5) is 4.79 Å². The minimum absolute atomic E-state index is 0.114. The highest BCUT2D eigenvalue weighted by Gasteiger charge is 2.36. The van der Waals surface area contributed by atoms with Gasteiger partial charge in [0.1, 0.15) is 5.60 Å². The summed E-state index contributed by atoms with van der Waals surface area (Å²) in [7, 11) is 0. The van der Waals surface area contributed by atoms with Gasteiger partial charge in [0.05, 0.1) is 17.7 Å². The van der Waals surface area contributed by atoms with Gasteiger partial charge in [-0.2, -0.15) is 0 Å². The van der Waals surface area contributed by atoms with Crippen molar-refractivity contribution in [2.45, 2.75) is 45.8 Å². The first kappa shape index (κ1) is 17.9. The van der Waals surface area contributed by atoms with E-state index in [1.54, 1.807) is 52.0 Å². The summed E-state index contributed by atoms with van der Waals surface area (Å²) in [6.45, 7) is 7.24. The number of hydroxylamine groups is 2. The smallest absolute Gasteiger partial charge is 0.407 e. The summed E-state index contributed by atoms with van der Waals surface area (Å²) >= 11 is 0. The second kappa shape index (κ2) is 7.00. The Hall–Kier alpha value is -2.41. The van der Waals surface area contributed by atoms with Crippen molar-refractivity contribution in [3.05, 3.63) is 35.4 Å². The van der Waals surface area contributed by atoms with Gasteiger partial charge in [-0.15, -0.1) is 5.06 Å². The molecule has 2 rings (SSSR count). The van der Waals surface area contributed by atoms with E-state index in [0.29, 0.717) is 17.5 Å². The normalized spacial score (nSPS) is 15.2. The summed E-state index contributed by atoms with van der Waals surface area (Å²) in [5.74, 6) is -0.938. The van der Waals surface area contributed by atoms with Crippen molar-refractivity contribution < 1.29 is 24.0 Å². The van der Waals surface area contributed by atoms with E-state index in [9.17, 15) is 14.4 Å². The number of alkyl carbamates (subject to hydrolysis) is 1. The fourth-order valence-electron chi connectivity index (χ4n) is 2.19. The zero-order chi connectivity index (χ0) is 17.9. The highest BCUT2D eigenvalue weighted by Crippen LogP contribution is 2.22. The van der Waals surface area contributed by atoms with Crippen molar-refractivity contribution in [1.29, 1.82) is 0 Å². The van der Waals surface area contributed by atoms with E-state index in [1.165, 1.54) is 0 Å². The van der Waals surface area contributed by atoms with Gasteiger partial charge in [-0.1, -0.05) is 12.1 Å². The Morgan fingerprint density at radius 3 is 2.21 bits per heavy atom. The first-order valence-electron chi connectivity index (χ1n) is 7.79. The molecule has 0 radical (unpaired) electrons. The van der Waals surface area contributed by atoms with Crippen molar-refractivity contribution in [3.63, 3.8) is 0 Å². The van der Waals surface area contributed by atoms with Crippen LogP contribution in [-0.2, 0) is 9.57 Å². The molecule has 0 saturated heterocycles. The van der Waals surface area contributed by atoms with E-state index in [2.05, 4.69) is 5.32 Å². The summed E-state index contributed by atoms with van der Waals surface area (Å²) in [6, 6.07) is 6.34. The molecular formula is C17H22N2O5. The predicted octanol–water partition coefficient (Wildman–Crippen LogP) is 2.52. The fraction of sp³-hybridized carbons (Fsp3) is 0.471. The van der Waals surface area contributed by atoms with Gasteiger partial charge in [0.25, 0.3) is 11.8 Å². The Kier molecular flexibility index (Phi) is 5.23. The number of carbonyl (C=O) groups excluding carboxylic acids is 3. The summed E-state index contributed by atoms with van der Waals surface area (Å²) in [5.41, 5.74) is 0.102. The molecule has 0 spiro atoms. The van der Waals surface area contributed by atoms with Gasteiger partial charge in [0, 0.05) is 6.04 Å². The van der Waals surface area contributed by atoms with Crippen molar-refractivity contribution in [1.82, 2.24) is 10.4 Å². The third kappa shape index (κ3) is 4.32. The number of benzene rings is 1. The molecule has 0 unspecified atom stereocenters. The Morgan fingerprint density at radius 1 is 1.17 bits per heavy atom. The molecule has 1 atom stereocenters. The number of rotatable bonds is 5. The second-order valence-electron chi connectivity index (χ2n) is 6.62. The standard InChI is InChI=1S/C17H22N2O5/c1-11(18-16(22)24-17(2,3)4)9-10-23-19-14(20)12-7-5-6-8-13(12)15(19)21/h5-8,11H,9-10H2,1-4H3,(H,18,22)/t11-/m0/s1. The van der Waals surface area contributed by atoms with Crippen molar-refractivity contribution in [3.8, 4) is 0 Å². The van der Waals surface area contributed by atoms with Crippen LogP contribution in [0.5, 0.6) is 0 Å². The predicted molar refractivity (Wildman–Crippen MR) is 86.3 cm³/mol.